The normalized spacial score (nSPS) is 14.1. The number of carbonyl (C=O) groups excluding carboxylic acids is 1. The fourth-order valence-electron chi connectivity index (χ4n) is 10.5. The molecule has 480 valence electrons. The number of phosphoric acid groups is 1. The molecule has 1 amide bonds. The van der Waals surface area contributed by atoms with E-state index in [-0.39, 0.29) is 19.1 Å². The highest BCUT2D eigenvalue weighted by molar-refractivity contribution is 7.45. The van der Waals surface area contributed by atoms with Crippen molar-refractivity contribution < 1.29 is 32.9 Å². The summed E-state index contributed by atoms with van der Waals surface area (Å²) in [7, 11) is 1.32. The number of aliphatic hydroxyl groups excluding tert-OH is 1. The Morgan fingerprint density at radius 1 is 0.439 bits per heavy atom. The summed E-state index contributed by atoms with van der Waals surface area (Å²) < 4.78 is 23.5. The molecule has 8 nitrogen and oxygen atoms in total. The first-order valence-electron chi connectivity index (χ1n) is 35.3. The van der Waals surface area contributed by atoms with E-state index in [1.165, 1.54) is 231 Å². The van der Waals surface area contributed by atoms with Crippen molar-refractivity contribution in [3.05, 3.63) is 72.9 Å². The van der Waals surface area contributed by atoms with Crippen LogP contribution in [-0.4, -0.2) is 68.5 Å². The number of hydrogen-bond acceptors (Lipinski definition) is 6. The van der Waals surface area contributed by atoms with Crippen molar-refractivity contribution >= 4 is 13.7 Å². The van der Waals surface area contributed by atoms with Crippen molar-refractivity contribution in [2.45, 2.75) is 347 Å². The van der Waals surface area contributed by atoms with Crippen LogP contribution in [0.4, 0.5) is 0 Å². The van der Waals surface area contributed by atoms with E-state index < -0.39 is 20.0 Å². The lowest BCUT2D eigenvalue weighted by molar-refractivity contribution is -0.870. The molecule has 0 bridgehead atoms. The number of quaternary nitrogens is 1. The number of rotatable bonds is 65. The molecule has 2 N–H and O–H groups in total. The molecule has 0 rings (SSSR count). The van der Waals surface area contributed by atoms with E-state index in [0.717, 1.165) is 77.0 Å². The first-order chi connectivity index (χ1) is 40.0. The molecule has 0 aromatic carbocycles. The van der Waals surface area contributed by atoms with Gasteiger partial charge in [-0.05, 0) is 64.2 Å². The summed E-state index contributed by atoms with van der Waals surface area (Å²) in [4.78, 5) is 25.7. The number of allylic oxidation sites excluding steroid dienone is 12. The van der Waals surface area contributed by atoms with Crippen molar-refractivity contribution in [2.75, 3.05) is 40.9 Å². The van der Waals surface area contributed by atoms with Crippen molar-refractivity contribution in [3.63, 3.8) is 0 Å². The van der Waals surface area contributed by atoms with Gasteiger partial charge >= 0.3 is 0 Å². The van der Waals surface area contributed by atoms with E-state index in [0.29, 0.717) is 23.9 Å². The summed E-state index contributed by atoms with van der Waals surface area (Å²) >= 11 is 0. The van der Waals surface area contributed by atoms with Gasteiger partial charge in [-0.3, -0.25) is 9.36 Å². The summed E-state index contributed by atoms with van der Waals surface area (Å²) in [5.74, 6) is -0.160. The Morgan fingerprint density at radius 3 is 1.09 bits per heavy atom. The van der Waals surface area contributed by atoms with Gasteiger partial charge in [-0.2, -0.15) is 0 Å². The SMILES string of the molecule is CC/C=C\C/C=C\C/C=C\C/C=C\C/C=C\C/C=C\CCCCCCCCCCCCCCCCCCCCC(=O)NC(COP(=O)([O-])OCC[N+](C)(C)C)C(O)CCCCCCCCCCCCCCCCCCCCCCCCC. The van der Waals surface area contributed by atoms with Crippen molar-refractivity contribution in [2.24, 2.45) is 0 Å². The van der Waals surface area contributed by atoms with Gasteiger partial charge in [-0.25, -0.2) is 0 Å². The zero-order valence-electron chi connectivity index (χ0n) is 54.9. The molecule has 0 heterocycles. The maximum absolute atomic E-state index is 13.1. The molecule has 0 aromatic rings. The smallest absolute Gasteiger partial charge is 0.268 e. The summed E-state index contributed by atoms with van der Waals surface area (Å²) in [5, 5.41) is 14.1. The Bertz CT molecular complexity index is 1570. The average Bonchev–Trinajstić information content (AvgIpc) is 3.47. The molecule has 0 aliphatic carbocycles. The summed E-state index contributed by atoms with van der Waals surface area (Å²) in [6.07, 6.45) is 88.3. The second kappa shape index (κ2) is 63.4. The first-order valence-corrected chi connectivity index (χ1v) is 36.7. The molecule has 82 heavy (non-hydrogen) atoms. The highest BCUT2D eigenvalue weighted by Crippen LogP contribution is 2.38. The van der Waals surface area contributed by atoms with Crippen LogP contribution in [0.5, 0.6) is 0 Å². The van der Waals surface area contributed by atoms with E-state index in [1.54, 1.807) is 0 Å². The molecule has 0 aromatic heterocycles. The van der Waals surface area contributed by atoms with E-state index in [4.69, 9.17) is 9.05 Å². The van der Waals surface area contributed by atoms with Crippen molar-refractivity contribution in [1.82, 2.24) is 5.32 Å². The van der Waals surface area contributed by atoms with Crippen LogP contribution >= 0.6 is 7.82 Å². The van der Waals surface area contributed by atoms with Crippen LogP contribution < -0.4 is 10.2 Å². The standard InChI is InChI=1S/C73H137N2O6P/c1-6-8-10-12-14-16-18-20-22-24-26-28-30-31-32-33-34-35-36-37-38-39-40-41-42-43-45-47-49-51-53-55-57-59-61-63-65-67-73(77)74-71(70-81-82(78,79)80-69-68-75(3,4)5)72(76)66-64-62-60-58-56-54-52-50-48-46-44-29-27-25-23-21-19-17-15-13-11-9-7-2/h8,10,14,16,20,22,26,28,31-32,34-35,71-72,76H,6-7,9,11-13,15,17-19,21,23-25,27,29-30,33,36-70H2,1-5H3,(H-,74,77,78,79)/b10-8-,16-14-,22-20-,28-26-,32-31-,35-34-. The summed E-state index contributed by atoms with van der Waals surface area (Å²) in [5.41, 5.74) is 0. The highest BCUT2D eigenvalue weighted by Gasteiger charge is 2.24. The van der Waals surface area contributed by atoms with Crippen LogP contribution in [0.15, 0.2) is 72.9 Å². The topological polar surface area (TPSA) is 108 Å². The van der Waals surface area contributed by atoms with E-state index in [1.807, 2.05) is 21.1 Å². The monoisotopic (exact) mass is 1170 g/mol. The van der Waals surface area contributed by atoms with Crippen LogP contribution in [-0.2, 0) is 18.4 Å². The third kappa shape index (κ3) is 65.5. The van der Waals surface area contributed by atoms with Crippen molar-refractivity contribution in [3.8, 4) is 0 Å². The van der Waals surface area contributed by atoms with E-state index in [2.05, 4.69) is 92.1 Å². The van der Waals surface area contributed by atoms with Crippen LogP contribution in [0.2, 0.25) is 0 Å². The van der Waals surface area contributed by atoms with Crippen LogP contribution in [0.1, 0.15) is 335 Å². The molecule has 0 fully saturated rings. The number of aliphatic hydroxyl groups is 1. The van der Waals surface area contributed by atoms with Gasteiger partial charge in [0.25, 0.3) is 7.82 Å². The molecule has 3 atom stereocenters. The molecule has 3 unspecified atom stereocenters. The van der Waals surface area contributed by atoms with E-state index >= 15 is 0 Å². The highest BCUT2D eigenvalue weighted by atomic mass is 31.2. The number of nitrogens with zero attached hydrogens (tertiary/aromatic N) is 1. The lowest BCUT2D eigenvalue weighted by atomic mass is 10.0. The number of unbranched alkanes of at least 4 members (excludes halogenated alkanes) is 40. The summed E-state index contributed by atoms with van der Waals surface area (Å²) in [6.45, 7) is 4.65. The number of hydrogen-bond donors (Lipinski definition) is 2. The van der Waals surface area contributed by atoms with Gasteiger partial charge < -0.3 is 28.8 Å². The molecule has 0 radical (unpaired) electrons. The van der Waals surface area contributed by atoms with Gasteiger partial charge in [0.2, 0.25) is 5.91 Å². The molecular weight excluding hydrogens is 1030 g/mol. The lowest BCUT2D eigenvalue weighted by Crippen LogP contribution is -2.46. The van der Waals surface area contributed by atoms with Gasteiger partial charge in [0.05, 0.1) is 39.9 Å². The van der Waals surface area contributed by atoms with E-state index in [9.17, 15) is 19.4 Å². The minimum Gasteiger partial charge on any atom is -0.756 e. The summed E-state index contributed by atoms with van der Waals surface area (Å²) in [6, 6.07) is -0.803. The largest absolute Gasteiger partial charge is 0.756 e. The first kappa shape index (κ1) is 79.9. The molecular formula is C73H137N2O6P. The van der Waals surface area contributed by atoms with Crippen molar-refractivity contribution in [1.29, 1.82) is 0 Å². The lowest BCUT2D eigenvalue weighted by Gasteiger charge is -2.30. The van der Waals surface area contributed by atoms with Gasteiger partial charge in [0.1, 0.15) is 13.2 Å². The van der Waals surface area contributed by atoms with Gasteiger partial charge in [-0.1, -0.05) is 337 Å². The molecule has 9 heteroatoms. The third-order valence-electron chi connectivity index (χ3n) is 16.0. The van der Waals surface area contributed by atoms with Crippen LogP contribution in [0, 0.1) is 0 Å². The zero-order chi connectivity index (χ0) is 59.8. The maximum Gasteiger partial charge on any atom is 0.268 e. The van der Waals surface area contributed by atoms with Gasteiger partial charge in [0, 0.05) is 6.42 Å². The second-order valence-corrected chi connectivity index (χ2v) is 26.6. The Morgan fingerprint density at radius 2 is 0.744 bits per heavy atom. The Labute approximate surface area is 510 Å². The minimum atomic E-state index is -4.58. The average molecular weight is 1170 g/mol. The third-order valence-corrected chi connectivity index (χ3v) is 16.9. The Balaban J connectivity index is 3.99. The molecule has 0 aliphatic rings. The zero-order valence-corrected chi connectivity index (χ0v) is 55.8. The number of nitrogens with one attached hydrogen (secondary N) is 1. The molecule has 0 aliphatic heterocycles. The number of likely N-dealkylation sites (N-methyl/N-ethyl adjacent to an activating group) is 1. The Hall–Kier alpha value is -2.06. The predicted octanol–water partition coefficient (Wildman–Crippen LogP) is 21.9. The van der Waals surface area contributed by atoms with Crippen LogP contribution in [0.25, 0.3) is 0 Å². The van der Waals surface area contributed by atoms with Gasteiger partial charge in [0.15, 0.2) is 0 Å². The quantitative estimate of drug-likeness (QED) is 0.0272. The molecule has 0 saturated heterocycles. The maximum atomic E-state index is 13.1. The Kier molecular flexibility index (Phi) is 61.8. The number of carbonyl (C=O) groups is 1. The fourth-order valence-corrected chi connectivity index (χ4v) is 11.2. The number of phosphoric ester groups is 1. The fraction of sp³-hybridized carbons (Fsp3) is 0.822. The molecule has 0 saturated carbocycles. The minimum absolute atomic E-state index is 0.0123. The van der Waals surface area contributed by atoms with Gasteiger partial charge in [-0.15, -0.1) is 0 Å². The molecule has 0 spiro atoms. The predicted molar refractivity (Wildman–Crippen MR) is 357 cm³/mol. The second-order valence-electron chi connectivity index (χ2n) is 25.2. The van der Waals surface area contributed by atoms with Crippen LogP contribution in [0.3, 0.4) is 0 Å². The number of amides is 1.